The zero-order valence-electron chi connectivity index (χ0n) is 28.2. The van der Waals surface area contributed by atoms with Crippen LogP contribution in [-0.2, 0) is 26.5 Å². The number of ether oxygens (including phenoxy) is 1. The van der Waals surface area contributed by atoms with Crippen LogP contribution in [0.5, 0.6) is 0 Å². The maximum Gasteiger partial charge on any atom is 0.435 e. The standard InChI is InChI=1S/C41H33F3N4O3S/c1-47(28-51-2)52(49,50)34-21-18-29(19-22-34)35-24-25-45-38-23-20-30(26-36(35)38)37-27-48(46-39(37)41(42,43)44)40(31-12-6-3-7-13-31,32-14-8-4-9-15-32)33-16-10-5-11-17-33/h3-27H,28H2,1-2H3. The molecule has 11 heteroatoms. The Morgan fingerprint density at radius 2 is 1.25 bits per heavy atom. The number of pyridine rings is 1. The minimum atomic E-state index is -4.79. The molecule has 262 valence electrons. The van der Waals surface area contributed by atoms with Gasteiger partial charge >= 0.3 is 6.18 Å². The molecule has 0 spiro atoms. The first-order valence-electron chi connectivity index (χ1n) is 16.3. The Hall–Kier alpha value is -5.62. The van der Waals surface area contributed by atoms with Gasteiger partial charge in [-0.25, -0.2) is 8.42 Å². The van der Waals surface area contributed by atoms with E-state index in [4.69, 9.17) is 4.74 Å². The van der Waals surface area contributed by atoms with E-state index in [2.05, 4.69) is 10.1 Å². The number of hydrogen-bond donors (Lipinski definition) is 0. The molecule has 0 N–H and O–H groups in total. The predicted octanol–water partition coefficient (Wildman–Crippen LogP) is 8.85. The lowest BCUT2D eigenvalue weighted by Crippen LogP contribution is -2.38. The number of methoxy groups -OCH3 is 1. The van der Waals surface area contributed by atoms with E-state index in [0.29, 0.717) is 27.6 Å². The molecule has 2 heterocycles. The van der Waals surface area contributed by atoms with Crippen molar-refractivity contribution in [1.29, 1.82) is 0 Å². The molecule has 0 saturated carbocycles. The quantitative estimate of drug-likeness (QED) is 0.104. The molecule has 0 aliphatic carbocycles. The Morgan fingerprint density at radius 3 is 1.77 bits per heavy atom. The lowest BCUT2D eigenvalue weighted by atomic mass is 9.77. The van der Waals surface area contributed by atoms with Gasteiger partial charge in [-0.1, -0.05) is 109 Å². The van der Waals surface area contributed by atoms with Crippen LogP contribution in [0.25, 0.3) is 33.2 Å². The number of benzene rings is 5. The molecule has 7 aromatic rings. The number of nitrogens with zero attached hydrogens (tertiary/aromatic N) is 4. The summed E-state index contributed by atoms with van der Waals surface area (Å²) in [5.74, 6) is 0. The van der Waals surface area contributed by atoms with Gasteiger partial charge in [0.2, 0.25) is 10.0 Å². The largest absolute Gasteiger partial charge is 0.435 e. The highest BCUT2D eigenvalue weighted by molar-refractivity contribution is 7.89. The number of sulfonamides is 1. The zero-order valence-corrected chi connectivity index (χ0v) is 29.0. The average molecular weight is 719 g/mol. The van der Waals surface area contributed by atoms with Crippen LogP contribution in [0.15, 0.2) is 157 Å². The number of fused-ring (bicyclic) bond motifs is 1. The number of halogens is 3. The molecule has 5 aromatic carbocycles. The lowest BCUT2D eigenvalue weighted by molar-refractivity contribution is -0.141. The summed E-state index contributed by atoms with van der Waals surface area (Å²) < 4.78 is 78.7. The van der Waals surface area contributed by atoms with Gasteiger partial charge in [0.25, 0.3) is 0 Å². The lowest BCUT2D eigenvalue weighted by Gasteiger charge is -2.36. The second kappa shape index (κ2) is 13.8. The summed E-state index contributed by atoms with van der Waals surface area (Å²) in [6.45, 7) is -0.110. The van der Waals surface area contributed by atoms with Crippen molar-refractivity contribution >= 4 is 20.9 Å². The molecule has 0 amide bonds. The second-order valence-electron chi connectivity index (χ2n) is 12.3. The highest BCUT2D eigenvalue weighted by Crippen LogP contribution is 2.45. The molecule has 7 rings (SSSR count). The molecule has 0 radical (unpaired) electrons. The van der Waals surface area contributed by atoms with E-state index in [0.717, 1.165) is 21.0 Å². The summed E-state index contributed by atoms with van der Waals surface area (Å²) in [7, 11) is -0.962. The number of rotatable bonds is 10. The zero-order chi connectivity index (χ0) is 36.5. The van der Waals surface area contributed by atoms with E-state index < -0.39 is 27.4 Å². The molecule has 52 heavy (non-hydrogen) atoms. The molecule has 0 aliphatic rings. The first-order valence-corrected chi connectivity index (χ1v) is 17.8. The van der Waals surface area contributed by atoms with E-state index in [-0.39, 0.29) is 17.2 Å². The third-order valence-corrected chi connectivity index (χ3v) is 10.9. The van der Waals surface area contributed by atoms with Gasteiger partial charge in [-0.2, -0.15) is 22.6 Å². The van der Waals surface area contributed by atoms with Gasteiger partial charge in [0, 0.05) is 37.5 Å². The monoisotopic (exact) mass is 718 g/mol. The fourth-order valence-electron chi connectivity index (χ4n) is 6.70. The van der Waals surface area contributed by atoms with Gasteiger partial charge in [-0.05, 0) is 63.7 Å². The highest BCUT2D eigenvalue weighted by atomic mass is 32.2. The molecule has 0 bridgehead atoms. The molecule has 0 fully saturated rings. The van der Waals surface area contributed by atoms with Crippen molar-refractivity contribution in [3.63, 3.8) is 0 Å². The summed E-state index contributed by atoms with van der Waals surface area (Å²) in [5, 5.41) is 4.98. The minimum absolute atomic E-state index is 0.0795. The van der Waals surface area contributed by atoms with E-state index in [9.17, 15) is 8.42 Å². The predicted molar refractivity (Wildman–Crippen MR) is 195 cm³/mol. The third kappa shape index (κ3) is 6.17. The molecule has 2 aromatic heterocycles. The van der Waals surface area contributed by atoms with Crippen LogP contribution >= 0.6 is 0 Å². The molecule has 0 saturated heterocycles. The fraction of sp³-hybridized carbons (Fsp3) is 0.122. The van der Waals surface area contributed by atoms with Crippen molar-refractivity contribution in [2.45, 2.75) is 16.6 Å². The van der Waals surface area contributed by atoms with Crippen molar-refractivity contribution in [2.75, 3.05) is 20.9 Å². The van der Waals surface area contributed by atoms with Crippen molar-refractivity contribution < 1.29 is 26.3 Å². The molecule has 0 atom stereocenters. The summed E-state index contributed by atoms with van der Waals surface area (Å²) in [4.78, 5) is 4.56. The molecule has 0 unspecified atom stereocenters. The first-order chi connectivity index (χ1) is 25.0. The topological polar surface area (TPSA) is 77.3 Å². The van der Waals surface area contributed by atoms with E-state index in [1.165, 1.54) is 37.2 Å². The average Bonchev–Trinajstić information content (AvgIpc) is 3.63. The molecule has 0 aliphatic heterocycles. The molecular weight excluding hydrogens is 686 g/mol. The van der Waals surface area contributed by atoms with Crippen LogP contribution in [0.3, 0.4) is 0 Å². The fourth-order valence-corrected chi connectivity index (χ4v) is 7.79. The van der Waals surface area contributed by atoms with Crippen LogP contribution in [0.1, 0.15) is 22.4 Å². The summed E-state index contributed by atoms with van der Waals surface area (Å²) in [5.41, 5.74) is 2.02. The Morgan fingerprint density at radius 1 is 0.712 bits per heavy atom. The summed E-state index contributed by atoms with van der Waals surface area (Å²) >= 11 is 0. The third-order valence-electron chi connectivity index (χ3n) is 9.14. The van der Waals surface area contributed by atoms with Gasteiger partial charge in [-0.3, -0.25) is 9.67 Å². The van der Waals surface area contributed by atoms with Crippen LogP contribution in [0, 0.1) is 0 Å². The van der Waals surface area contributed by atoms with Crippen molar-refractivity contribution in [2.24, 2.45) is 0 Å². The molecular formula is C41H33F3N4O3S. The summed E-state index contributed by atoms with van der Waals surface area (Å²) in [6.07, 6.45) is -1.70. The Bertz CT molecular complexity index is 2340. The number of hydrogen-bond acceptors (Lipinski definition) is 5. The Kier molecular flexibility index (Phi) is 9.26. The number of aromatic nitrogens is 3. The van der Waals surface area contributed by atoms with E-state index in [1.54, 1.807) is 42.6 Å². The van der Waals surface area contributed by atoms with Crippen LogP contribution in [0.4, 0.5) is 13.2 Å². The summed E-state index contributed by atoms with van der Waals surface area (Å²) in [6, 6.07) is 41.2. The second-order valence-corrected chi connectivity index (χ2v) is 14.3. The highest BCUT2D eigenvalue weighted by Gasteiger charge is 2.44. The van der Waals surface area contributed by atoms with E-state index in [1.807, 2.05) is 91.0 Å². The van der Waals surface area contributed by atoms with Crippen molar-refractivity contribution in [3.05, 3.63) is 174 Å². The van der Waals surface area contributed by atoms with Gasteiger partial charge < -0.3 is 4.74 Å². The first kappa shape index (κ1) is 34.8. The minimum Gasteiger partial charge on any atom is -0.368 e. The normalized spacial score (nSPS) is 12.4. The Balaban J connectivity index is 1.43. The van der Waals surface area contributed by atoms with Gasteiger partial charge in [-0.15, -0.1) is 0 Å². The Labute approximate surface area is 299 Å². The van der Waals surface area contributed by atoms with Crippen LogP contribution < -0.4 is 0 Å². The van der Waals surface area contributed by atoms with Gasteiger partial charge in [0.05, 0.1) is 10.4 Å². The SMILES string of the molecule is COCN(C)S(=O)(=O)c1ccc(-c2ccnc3ccc(-c4cn(C(c5ccccc5)(c5ccccc5)c5ccccc5)nc4C(F)(F)F)cc23)cc1. The van der Waals surface area contributed by atoms with Crippen LogP contribution in [-0.4, -0.2) is 48.4 Å². The van der Waals surface area contributed by atoms with E-state index >= 15 is 13.2 Å². The van der Waals surface area contributed by atoms with Crippen molar-refractivity contribution in [1.82, 2.24) is 19.1 Å². The smallest absolute Gasteiger partial charge is 0.368 e. The maximum atomic E-state index is 15.1. The number of alkyl halides is 3. The molecule has 7 nitrogen and oxygen atoms in total. The maximum absolute atomic E-state index is 15.1. The van der Waals surface area contributed by atoms with Gasteiger partial charge in [0.1, 0.15) is 12.3 Å². The van der Waals surface area contributed by atoms with Gasteiger partial charge in [0.15, 0.2) is 5.69 Å². The van der Waals surface area contributed by atoms with Crippen molar-refractivity contribution in [3.8, 4) is 22.3 Å². The van der Waals surface area contributed by atoms with Crippen LogP contribution in [0.2, 0.25) is 0 Å².